The second-order valence-corrected chi connectivity index (χ2v) is 5.52. The molecule has 1 N–H and O–H groups in total. The predicted octanol–water partition coefficient (Wildman–Crippen LogP) is 1.24. The van der Waals surface area contributed by atoms with Crippen molar-refractivity contribution in [1.29, 1.82) is 0 Å². The molecule has 0 amide bonds. The Morgan fingerprint density at radius 2 is 2.14 bits per heavy atom. The third-order valence-electron chi connectivity index (χ3n) is 3.44. The predicted molar refractivity (Wildman–Crippen MR) is 85.4 cm³/mol. The van der Waals surface area contributed by atoms with Crippen LogP contribution < -0.4 is 16.0 Å². The lowest BCUT2D eigenvalue weighted by Crippen LogP contribution is -2.29. The van der Waals surface area contributed by atoms with Gasteiger partial charge in [-0.05, 0) is 33.6 Å². The van der Waals surface area contributed by atoms with E-state index in [-0.39, 0.29) is 0 Å². The summed E-state index contributed by atoms with van der Waals surface area (Å²) >= 11 is 3.35. The number of nitrogens with one attached hydrogen (secondary N) is 1. The molecule has 0 saturated carbocycles. The monoisotopic (exact) mass is 364 g/mol. The maximum atomic E-state index is 12.1. The molecular weight excluding hydrogens is 352 g/mol. The Kier molecular flexibility index (Phi) is 3.61. The molecule has 114 valence electrons. The maximum Gasteiger partial charge on any atom is 0.329 e. The molecule has 0 unspecified atom stereocenters. The summed E-state index contributed by atoms with van der Waals surface area (Å²) in [5.41, 5.74) is 0.683. The van der Waals surface area contributed by atoms with Gasteiger partial charge in [0.05, 0.1) is 13.7 Å². The van der Waals surface area contributed by atoms with E-state index in [1.807, 2.05) is 24.3 Å². The minimum Gasteiger partial charge on any atom is -0.497 e. The molecular formula is C14H13BrN4O3. The number of methoxy groups -OCH3 is 1. The number of hydrogen-bond acceptors (Lipinski definition) is 4. The molecule has 0 radical (unpaired) electrons. The van der Waals surface area contributed by atoms with Gasteiger partial charge in [-0.3, -0.25) is 14.3 Å². The van der Waals surface area contributed by atoms with Crippen molar-refractivity contribution in [3.8, 4) is 5.75 Å². The molecule has 0 aliphatic rings. The van der Waals surface area contributed by atoms with E-state index in [1.54, 1.807) is 18.7 Å². The Morgan fingerprint density at radius 3 is 2.86 bits per heavy atom. The summed E-state index contributed by atoms with van der Waals surface area (Å²) in [6.07, 6.45) is 0. The number of fused-ring (bicyclic) bond motifs is 1. The molecule has 3 aromatic rings. The van der Waals surface area contributed by atoms with Crippen LogP contribution in [-0.4, -0.2) is 26.2 Å². The lowest BCUT2D eigenvalue weighted by Gasteiger charge is -2.07. The van der Waals surface area contributed by atoms with E-state index in [0.29, 0.717) is 22.4 Å². The van der Waals surface area contributed by atoms with Crippen LogP contribution in [0.4, 0.5) is 0 Å². The Bertz CT molecular complexity index is 970. The van der Waals surface area contributed by atoms with E-state index < -0.39 is 11.2 Å². The third kappa shape index (κ3) is 2.35. The fraction of sp³-hybridized carbons (Fsp3) is 0.214. The topological polar surface area (TPSA) is 81.9 Å². The first-order valence-corrected chi connectivity index (χ1v) is 7.28. The molecule has 0 saturated heterocycles. The maximum absolute atomic E-state index is 12.1. The van der Waals surface area contributed by atoms with Gasteiger partial charge < -0.3 is 9.30 Å². The number of ether oxygens (including phenoxy) is 1. The summed E-state index contributed by atoms with van der Waals surface area (Å²) in [6, 6.07) is 7.54. The number of rotatable bonds is 3. The standard InChI is InChI=1S/C14H13BrN4O3/c1-18-11-10(12(20)17-14(18)21)19(13(15)16-11)7-8-4-3-5-9(6-8)22-2/h3-6H,7H2,1-2H3,(H,17,20,21). The Labute approximate surface area is 133 Å². The van der Waals surface area contributed by atoms with Gasteiger partial charge in [0.15, 0.2) is 15.9 Å². The number of aromatic amines is 1. The van der Waals surface area contributed by atoms with Crippen LogP contribution in [0.25, 0.3) is 11.2 Å². The molecule has 0 aliphatic heterocycles. The number of aromatic nitrogens is 4. The van der Waals surface area contributed by atoms with Crippen LogP contribution in [0.1, 0.15) is 5.56 Å². The lowest BCUT2D eigenvalue weighted by atomic mass is 10.2. The Morgan fingerprint density at radius 1 is 1.36 bits per heavy atom. The average molecular weight is 365 g/mol. The minimum absolute atomic E-state index is 0.337. The zero-order chi connectivity index (χ0) is 15.9. The molecule has 1 aromatic carbocycles. The van der Waals surface area contributed by atoms with Crippen molar-refractivity contribution in [1.82, 2.24) is 19.1 Å². The first-order valence-electron chi connectivity index (χ1n) is 6.49. The molecule has 8 heteroatoms. The summed E-state index contributed by atoms with van der Waals surface area (Å²) in [6.45, 7) is 0.426. The largest absolute Gasteiger partial charge is 0.497 e. The molecule has 2 heterocycles. The summed E-state index contributed by atoms with van der Waals surface area (Å²) < 4.78 is 8.70. The highest BCUT2D eigenvalue weighted by molar-refractivity contribution is 9.10. The van der Waals surface area contributed by atoms with Crippen LogP contribution in [0, 0.1) is 0 Å². The van der Waals surface area contributed by atoms with E-state index in [1.165, 1.54) is 4.57 Å². The zero-order valence-corrected chi connectivity index (χ0v) is 13.5. The molecule has 7 nitrogen and oxygen atoms in total. The van der Waals surface area contributed by atoms with Gasteiger partial charge in [0.25, 0.3) is 5.56 Å². The van der Waals surface area contributed by atoms with Crippen LogP contribution >= 0.6 is 15.9 Å². The number of imidazole rings is 1. The van der Waals surface area contributed by atoms with E-state index >= 15 is 0 Å². The van der Waals surface area contributed by atoms with E-state index in [2.05, 4.69) is 25.9 Å². The number of H-pyrrole nitrogens is 1. The van der Waals surface area contributed by atoms with Crippen molar-refractivity contribution in [3.05, 3.63) is 55.4 Å². The van der Waals surface area contributed by atoms with Crippen LogP contribution in [0.3, 0.4) is 0 Å². The quantitative estimate of drug-likeness (QED) is 0.709. The van der Waals surface area contributed by atoms with Gasteiger partial charge in [0.2, 0.25) is 0 Å². The smallest absolute Gasteiger partial charge is 0.329 e. The summed E-state index contributed by atoms with van der Waals surface area (Å²) in [5.74, 6) is 0.736. The van der Waals surface area contributed by atoms with Gasteiger partial charge in [-0.25, -0.2) is 9.78 Å². The minimum atomic E-state index is -0.490. The van der Waals surface area contributed by atoms with Crippen molar-refractivity contribution in [2.75, 3.05) is 7.11 Å². The van der Waals surface area contributed by atoms with Crippen molar-refractivity contribution < 1.29 is 4.74 Å². The van der Waals surface area contributed by atoms with Gasteiger partial charge >= 0.3 is 5.69 Å². The molecule has 0 fully saturated rings. The molecule has 0 spiro atoms. The van der Waals surface area contributed by atoms with Crippen LogP contribution in [0.5, 0.6) is 5.75 Å². The highest BCUT2D eigenvalue weighted by atomic mass is 79.9. The molecule has 0 aliphatic carbocycles. The van der Waals surface area contributed by atoms with Crippen LogP contribution in [-0.2, 0) is 13.6 Å². The molecule has 22 heavy (non-hydrogen) atoms. The second-order valence-electron chi connectivity index (χ2n) is 4.81. The second kappa shape index (κ2) is 5.45. The van der Waals surface area contributed by atoms with Crippen LogP contribution in [0.15, 0.2) is 38.6 Å². The van der Waals surface area contributed by atoms with Gasteiger partial charge in [0.1, 0.15) is 5.75 Å². The first-order chi connectivity index (χ1) is 10.5. The number of benzene rings is 1. The highest BCUT2D eigenvalue weighted by Crippen LogP contribution is 2.20. The first kappa shape index (κ1) is 14.6. The normalized spacial score (nSPS) is 11.0. The number of aryl methyl sites for hydroxylation is 1. The zero-order valence-electron chi connectivity index (χ0n) is 12.0. The van der Waals surface area contributed by atoms with E-state index in [4.69, 9.17) is 4.74 Å². The number of hydrogen-bond donors (Lipinski definition) is 1. The average Bonchev–Trinajstić information content (AvgIpc) is 2.83. The van der Waals surface area contributed by atoms with Gasteiger partial charge in [-0.15, -0.1) is 0 Å². The molecule has 0 bridgehead atoms. The molecule has 2 aromatic heterocycles. The number of nitrogens with zero attached hydrogens (tertiary/aromatic N) is 3. The summed E-state index contributed by atoms with van der Waals surface area (Å²) in [4.78, 5) is 30.3. The van der Waals surface area contributed by atoms with Crippen molar-refractivity contribution in [2.45, 2.75) is 6.54 Å². The van der Waals surface area contributed by atoms with Crippen LogP contribution in [0.2, 0.25) is 0 Å². The SMILES string of the molecule is COc1cccc(Cn2c(Br)nc3c2c(=O)[nH]c(=O)n3C)c1. The fourth-order valence-corrected chi connectivity index (χ4v) is 2.78. The van der Waals surface area contributed by atoms with Crippen molar-refractivity contribution >= 4 is 27.1 Å². The van der Waals surface area contributed by atoms with Crippen molar-refractivity contribution in [3.63, 3.8) is 0 Å². The Balaban J connectivity index is 2.19. The summed E-state index contributed by atoms with van der Waals surface area (Å²) in [7, 11) is 3.16. The van der Waals surface area contributed by atoms with Gasteiger partial charge in [-0.2, -0.15) is 0 Å². The lowest BCUT2D eigenvalue weighted by molar-refractivity contribution is 0.414. The third-order valence-corrected chi connectivity index (χ3v) is 4.04. The van der Waals surface area contributed by atoms with E-state index in [9.17, 15) is 9.59 Å². The number of halogens is 1. The van der Waals surface area contributed by atoms with Gasteiger partial charge in [0, 0.05) is 7.05 Å². The van der Waals surface area contributed by atoms with E-state index in [0.717, 1.165) is 11.3 Å². The Hall–Kier alpha value is -2.35. The molecule has 0 atom stereocenters. The van der Waals surface area contributed by atoms with Crippen molar-refractivity contribution in [2.24, 2.45) is 7.05 Å². The summed E-state index contributed by atoms with van der Waals surface area (Å²) in [5, 5.41) is 0. The van der Waals surface area contributed by atoms with Gasteiger partial charge in [-0.1, -0.05) is 12.1 Å². The highest BCUT2D eigenvalue weighted by Gasteiger charge is 2.16. The molecule has 3 rings (SSSR count). The fourth-order valence-electron chi connectivity index (χ4n) is 2.31.